The Morgan fingerprint density at radius 2 is 2.00 bits per heavy atom. The summed E-state index contributed by atoms with van der Waals surface area (Å²) < 4.78 is 5.13. The van der Waals surface area contributed by atoms with Crippen LogP contribution in [0.3, 0.4) is 0 Å². The van der Waals surface area contributed by atoms with Crippen molar-refractivity contribution in [3.05, 3.63) is 30.7 Å². The van der Waals surface area contributed by atoms with Crippen LogP contribution < -0.4 is 11.1 Å². The lowest BCUT2D eigenvalue weighted by molar-refractivity contribution is 0.374. The first-order valence-electron chi connectivity index (χ1n) is 5.70. The molecule has 0 atom stereocenters. The van der Waals surface area contributed by atoms with Crippen molar-refractivity contribution in [3.63, 3.8) is 0 Å². The Balaban J connectivity index is 1.68. The second kappa shape index (κ2) is 4.18. The average molecular weight is 230 g/mol. The number of hydrogen-bond acceptors (Lipinski definition) is 5. The third-order valence-corrected chi connectivity index (χ3v) is 3.04. The maximum Gasteiger partial charge on any atom is 0.247 e. The Morgan fingerprint density at radius 3 is 2.59 bits per heavy atom. The number of benzene rings is 1. The zero-order chi connectivity index (χ0) is 11.7. The number of aromatic nitrogens is 2. The first-order valence-corrected chi connectivity index (χ1v) is 5.70. The van der Waals surface area contributed by atoms with Crippen LogP contribution in [0.5, 0.6) is 0 Å². The van der Waals surface area contributed by atoms with Crippen molar-refractivity contribution in [3.8, 4) is 11.5 Å². The van der Waals surface area contributed by atoms with E-state index in [0.717, 1.165) is 24.1 Å². The van der Waals surface area contributed by atoms with Crippen molar-refractivity contribution in [2.75, 3.05) is 5.32 Å². The van der Waals surface area contributed by atoms with E-state index in [2.05, 4.69) is 15.5 Å². The molecule has 0 unspecified atom stereocenters. The van der Waals surface area contributed by atoms with Crippen LogP contribution in [0.15, 0.2) is 35.1 Å². The summed E-state index contributed by atoms with van der Waals surface area (Å²) in [5.74, 6) is 0.544. The maximum atomic E-state index is 5.74. The molecule has 0 aliphatic heterocycles. The molecule has 1 aliphatic rings. The fourth-order valence-corrected chi connectivity index (χ4v) is 2.02. The van der Waals surface area contributed by atoms with Gasteiger partial charge >= 0.3 is 0 Å². The zero-order valence-electron chi connectivity index (χ0n) is 9.34. The van der Waals surface area contributed by atoms with Gasteiger partial charge < -0.3 is 15.5 Å². The Kier molecular flexibility index (Phi) is 2.53. The molecule has 0 bridgehead atoms. The minimum absolute atomic E-state index is 0.366. The van der Waals surface area contributed by atoms with Crippen LogP contribution in [0.4, 0.5) is 5.69 Å². The second-order valence-corrected chi connectivity index (χ2v) is 4.39. The van der Waals surface area contributed by atoms with Gasteiger partial charge in [0.2, 0.25) is 12.3 Å². The zero-order valence-corrected chi connectivity index (χ0v) is 9.34. The lowest BCUT2D eigenvalue weighted by Crippen LogP contribution is -2.44. The predicted octanol–water partition coefficient (Wildman–Crippen LogP) is 1.64. The van der Waals surface area contributed by atoms with Gasteiger partial charge in [0.15, 0.2) is 0 Å². The third-order valence-electron chi connectivity index (χ3n) is 3.04. The first kappa shape index (κ1) is 10.3. The lowest BCUT2D eigenvalue weighted by Gasteiger charge is -2.33. The molecule has 88 valence electrons. The molecule has 0 amide bonds. The molecule has 0 spiro atoms. The van der Waals surface area contributed by atoms with E-state index in [-0.39, 0.29) is 0 Å². The fourth-order valence-electron chi connectivity index (χ4n) is 2.02. The van der Waals surface area contributed by atoms with Gasteiger partial charge in [-0.25, -0.2) is 0 Å². The van der Waals surface area contributed by atoms with Gasteiger partial charge in [0.1, 0.15) is 0 Å². The van der Waals surface area contributed by atoms with Gasteiger partial charge in [-0.05, 0) is 37.1 Å². The highest BCUT2D eigenvalue weighted by atomic mass is 16.4. The van der Waals surface area contributed by atoms with Crippen LogP contribution >= 0.6 is 0 Å². The van der Waals surface area contributed by atoms with Crippen LogP contribution in [0.1, 0.15) is 12.8 Å². The Bertz CT molecular complexity index is 474. The van der Waals surface area contributed by atoms with E-state index in [1.165, 1.54) is 6.39 Å². The first-order chi connectivity index (χ1) is 8.31. The highest BCUT2D eigenvalue weighted by molar-refractivity contribution is 5.58. The van der Waals surface area contributed by atoms with E-state index < -0.39 is 0 Å². The van der Waals surface area contributed by atoms with Gasteiger partial charge in [0.05, 0.1) is 0 Å². The van der Waals surface area contributed by atoms with Gasteiger partial charge in [-0.3, -0.25) is 0 Å². The molecule has 0 radical (unpaired) electrons. The van der Waals surface area contributed by atoms with Crippen LogP contribution in [0, 0.1) is 0 Å². The summed E-state index contributed by atoms with van der Waals surface area (Å²) in [7, 11) is 0. The summed E-state index contributed by atoms with van der Waals surface area (Å²) in [4.78, 5) is 0. The van der Waals surface area contributed by atoms with Crippen molar-refractivity contribution in [1.29, 1.82) is 0 Å². The van der Waals surface area contributed by atoms with Crippen molar-refractivity contribution in [1.82, 2.24) is 10.2 Å². The summed E-state index contributed by atoms with van der Waals surface area (Å²) in [5.41, 5.74) is 7.77. The normalized spacial score (nSPS) is 23.1. The van der Waals surface area contributed by atoms with Crippen LogP contribution in [0.2, 0.25) is 0 Å². The fraction of sp³-hybridized carbons (Fsp3) is 0.333. The van der Waals surface area contributed by atoms with Gasteiger partial charge in [0, 0.05) is 23.3 Å². The van der Waals surface area contributed by atoms with Gasteiger partial charge in [-0.1, -0.05) is 0 Å². The largest absolute Gasteiger partial charge is 0.423 e. The smallest absolute Gasteiger partial charge is 0.247 e. The van der Waals surface area contributed by atoms with Crippen molar-refractivity contribution < 1.29 is 4.42 Å². The molecular weight excluding hydrogens is 216 g/mol. The van der Waals surface area contributed by atoms with E-state index in [1.807, 2.05) is 24.3 Å². The molecule has 5 nitrogen and oxygen atoms in total. The van der Waals surface area contributed by atoms with Crippen LogP contribution in [-0.4, -0.2) is 22.3 Å². The number of nitrogens with zero attached hydrogens (tertiary/aromatic N) is 2. The molecule has 2 aromatic rings. The molecule has 1 heterocycles. The van der Waals surface area contributed by atoms with Gasteiger partial charge in [-0.15, -0.1) is 10.2 Å². The monoisotopic (exact) mass is 230 g/mol. The number of hydrogen-bond donors (Lipinski definition) is 2. The quantitative estimate of drug-likeness (QED) is 0.838. The minimum Gasteiger partial charge on any atom is -0.423 e. The average Bonchev–Trinajstić information content (AvgIpc) is 2.81. The number of nitrogens with two attached hydrogens (primary N) is 1. The summed E-state index contributed by atoms with van der Waals surface area (Å²) in [6.07, 6.45) is 3.42. The van der Waals surface area contributed by atoms with Crippen LogP contribution in [-0.2, 0) is 0 Å². The van der Waals surface area contributed by atoms with Crippen molar-refractivity contribution in [2.24, 2.45) is 5.73 Å². The topological polar surface area (TPSA) is 77.0 Å². The van der Waals surface area contributed by atoms with E-state index in [0.29, 0.717) is 18.0 Å². The molecule has 1 fully saturated rings. The van der Waals surface area contributed by atoms with Gasteiger partial charge in [0.25, 0.3) is 0 Å². The third kappa shape index (κ3) is 2.14. The standard InChI is InChI=1S/C12H14N4O/c13-9-5-11(6-9)15-10-3-1-8(2-4-10)12-16-14-7-17-12/h1-4,7,9,11,15H,5-6,13H2. The highest BCUT2D eigenvalue weighted by Gasteiger charge is 2.25. The molecule has 1 saturated carbocycles. The summed E-state index contributed by atoms with van der Waals surface area (Å²) in [5, 5.41) is 10.9. The Morgan fingerprint density at radius 1 is 1.24 bits per heavy atom. The Hall–Kier alpha value is -1.88. The summed E-state index contributed by atoms with van der Waals surface area (Å²) in [6.45, 7) is 0. The highest BCUT2D eigenvalue weighted by Crippen LogP contribution is 2.24. The molecule has 1 aliphatic carbocycles. The van der Waals surface area contributed by atoms with E-state index in [9.17, 15) is 0 Å². The van der Waals surface area contributed by atoms with Crippen LogP contribution in [0.25, 0.3) is 11.5 Å². The lowest BCUT2D eigenvalue weighted by atomic mass is 9.87. The van der Waals surface area contributed by atoms with Crippen molar-refractivity contribution >= 4 is 5.69 Å². The predicted molar refractivity (Wildman–Crippen MR) is 64.4 cm³/mol. The number of nitrogens with one attached hydrogen (secondary N) is 1. The Labute approximate surface area is 99.0 Å². The summed E-state index contributed by atoms with van der Waals surface area (Å²) >= 11 is 0. The maximum absolute atomic E-state index is 5.74. The molecule has 5 heteroatoms. The summed E-state index contributed by atoms with van der Waals surface area (Å²) in [6, 6.07) is 8.85. The number of anilines is 1. The molecule has 1 aromatic heterocycles. The van der Waals surface area contributed by atoms with Crippen molar-refractivity contribution in [2.45, 2.75) is 24.9 Å². The minimum atomic E-state index is 0.366. The molecule has 17 heavy (non-hydrogen) atoms. The molecule has 1 aromatic carbocycles. The second-order valence-electron chi connectivity index (χ2n) is 4.39. The van der Waals surface area contributed by atoms with E-state index >= 15 is 0 Å². The molecular formula is C12H14N4O. The van der Waals surface area contributed by atoms with E-state index in [1.54, 1.807) is 0 Å². The molecule has 0 saturated heterocycles. The molecule has 3 rings (SSSR count). The van der Waals surface area contributed by atoms with E-state index in [4.69, 9.17) is 10.2 Å². The SMILES string of the molecule is NC1CC(Nc2ccc(-c3nnco3)cc2)C1. The van der Waals surface area contributed by atoms with Gasteiger partial charge in [-0.2, -0.15) is 0 Å². The number of rotatable bonds is 3. The molecule has 3 N–H and O–H groups in total.